The predicted octanol–water partition coefficient (Wildman–Crippen LogP) is 1.85. The third-order valence-corrected chi connectivity index (χ3v) is 3.54. The van der Waals surface area contributed by atoms with E-state index in [0.717, 1.165) is 12.0 Å². The molecule has 0 aromatic heterocycles. The zero-order chi connectivity index (χ0) is 13.1. The van der Waals surface area contributed by atoms with Crippen molar-refractivity contribution in [1.29, 1.82) is 0 Å². The minimum atomic E-state index is -0.0827. The molecule has 4 nitrogen and oxygen atoms in total. The third kappa shape index (κ3) is 2.48. The first-order valence-electron chi connectivity index (χ1n) is 6.44. The van der Waals surface area contributed by atoms with Gasteiger partial charge in [-0.25, -0.2) is 0 Å². The van der Waals surface area contributed by atoms with Crippen LogP contribution in [-0.4, -0.2) is 19.1 Å². The highest BCUT2D eigenvalue weighted by Gasteiger charge is 2.20. The first-order chi connectivity index (χ1) is 8.63. The summed E-state index contributed by atoms with van der Waals surface area (Å²) in [5.41, 5.74) is 7.77. The summed E-state index contributed by atoms with van der Waals surface area (Å²) in [6.07, 6.45) is 1.01. The quantitative estimate of drug-likeness (QED) is 0.858. The summed E-state index contributed by atoms with van der Waals surface area (Å²) < 4.78 is 5.52. The van der Waals surface area contributed by atoms with Crippen molar-refractivity contribution in [2.75, 3.05) is 13.2 Å². The molecule has 2 unspecified atom stereocenters. The van der Waals surface area contributed by atoms with Gasteiger partial charge >= 0.3 is 0 Å². The zero-order valence-corrected chi connectivity index (χ0v) is 10.9. The number of nitrogens with two attached hydrogens (primary N) is 1. The van der Waals surface area contributed by atoms with Crippen LogP contribution in [0.5, 0.6) is 5.75 Å². The Morgan fingerprint density at radius 2 is 2.28 bits per heavy atom. The summed E-state index contributed by atoms with van der Waals surface area (Å²) >= 11 is 0. The molecular weight excluding hydrogens is 228 g/mol. The van der Waals surface area contributed by atoms with E-state index in [4.69, 9.17) is 10.5 Å². The molecule has 0 saturated carbocycles. The van der Waals surface area contributed by atoms with Crippen molar-refractivity contribution in [3.63, 3.8) is 0 Å². The predicted molar refractivity (Wildman–Crippen MR) is 70.7 cm³/mol. The molecule has 1 aliphatic heterocycles. The Balaban J connectivity index is 2.33. The van der Waals surface area contributed by atoms with Crippen LogP contribution in [0.4, 0.5) is 0 Å². The molecule has 3 N–H and O–H groups in total. The van der Waals surface area contributed by atoms with Crippen molar-refractivity contribution in [3.05, 3.63) is 29.3 Å². The van der Waals surface area contributed by atoms with E-state index in [1.807, 2.05) is 18.2 Å². The lowest BCUT2D eigenvalue weighted by Crippen LogP contribution is -2.25. The molecule has 1 heterocycles. The monoisotopic (exact) mass is 248 g/mol. The lowest BCUT2D eigenvalue weighted by Gasteiger charge is -2.19. The number of nitrogens with one attached hydrogen (secondary N) is 1. The number of amides is 1. The Hall–Kier alpha value is -1.55. The molecule has 0 aliphatic carbocycles. The fraction of sp³-hybridized carbons (Fsp3) is 0.500. The third-order valence-electron chi connectivity index (χ3n) is 3.54. The summed E-state index contributed by atoms with van der Waals surface area (Å²) in [4.78, 5) is 11.9. The van der Waals surface area contributed by atoms with Gasteiger partial charge in [-0.2, -0.15) is 0 Å². The molecule has 1 aromatic carbocycles. The minimum Gasteiger partial charge on any atom is -0.491 e. The number of benzene rings is 1. The van der Waals surface area contributed by atoms with E-state index in [2.05, 4.69) is 19.2 Å². The number of rotatable bonds is 3. The van der Waals surface area contributed by atoms with Crippen LogP contribution in [0.15, 0.2) is 18.2 Å². The van der Waals surface area contributed by atoms with E-state index in [9.17, 15) is 4.79 Å². The maximum atomic E-state index is 11.9. The van der Waals surface area contributed by atoms with Crippen LogP contribution in [0, 0.1) is 5.92 Å². The standard InChI is InChI=1S/C14H20N2O2/c1-3-9(2)13(15)10-4-5-12-11(8-10)14(17)16-6-7-18-12/h4-5,8-9,13H,3,6-7,15H2,1-2H3,(H,16,17). The van der Waals surface area contributed by atoms with Crippen molar-refractivity contribution >= 4 is 5.91 Å². The molecule has 1 amide bonds. The first kappa shape index (κ1) is 12.9. The van der Waals surface area contributed by atoms with Gasteiger partial charge in [0.25, 0.3) is 5.91 Å². The summed E-state index contributed by atoms with van der Waals surface area (Å²) in [6.45, 7) is 5.28. The normalized spacial score (nSPS) is 18.1. The maximum absolute atomic E-state index is 11.9. The van der Waals surface area contributed by atoms with Gasteiger partial charge in [0.1, 0.15) is 12.4 Å². The summed E-state index contributed by atoms with van der Waals surface area (Å²) in [5.74, 6) is 0.948. The molecule has 18 heavy (non-hydrogen) atoms. The molecule has 4 heteroatoms. The summed E-state index contributed by atoms with van der Waals surface area (Å²) in [7, 11) is 0. The molecule has 0 spiro atoms. The van der Waals surface area contributed by atoms with Crippen molar-refractivity contribution in [3.8, 4) is 5.75 Å². The van der Waals surface area contributed by atoms with E-state index in [-0.39, 0.29) is 11.9 Å². The molecule has 1 aliphatic rings. The second-order valence-corrected chi connectivity index (χ2v) is 4.77. The fourth-order valence-electron chi connectivity index (χ4n) is 2.06. The zero-order valence-electron chi connectivity index (χ0n) is 10.9. The lowest BCUT2D eigenvalue weighted by atomic mass is 9.92. The van der Waals surface area contributed by atoms with E-state index in [1.165, 1.54) is 0 Å². The topological polar surface area (TPSA) is 64.4 Å². The smallest absolute Gasteiger partial charge is 0.255 e. The van der Waals surface area contributed by atoms with Crippen molar-refractivity contribution < 1.29 is 9.53 Å². The molecule has 0 saturated heterocycles. The van der Waals surface area contributed by atoms with Gasteiger partial charge in [-0.05, 0) is 23.6 Å². The molecule has 0 radical (unpaired) electrons. The number of hydrogen-bond donors (Lipinski definition) is 2. The minimum absolute atomic E-state index is 0.0450. The number of carbonyl (C=O) groups excluding carboxylic acids is 1. The molecule has 0 bridgehead atoms. The maximum Gasteiger partial charge on any atom is 0.255 e. The van der Waals surface area contributed by atoms with Gasteiger partial charge < -0.3 is 15.8 Å². The Bertz CT molecular complexity index is 445. The van der Waals surface area contributed by atoms with Crippen molar-refractivity contribution in [1.82, 2.24) is 5.32 Å². The van der Waals surface area contributed by atoms with Gasteiger partial charge in [0.2, 0.25) is 0 Å². The Kier molecular flexibility index (Phi) is 3.87. The van der Waals surface area contributed by atoms with E-state index < -0.39 is 0 Å². The summed E-state index contributed by atoms with van der Waals surface area (Å²) in [5, 5.41) is 2.81. The highest BCUT2D eigenvalue weighted by molar-refractivity contribution is 5.97. The van der Waals surface area contributed by atoms with E-state index in [0.29, 0.717) is 30.4 Å². The molecular formula is C14H20N2O2. The van der Waals surface area contributed by atoms with Crippen LogP contribution in [0.1, 0.15) is 42.2 Å². The van der Waals surface area contributed by atoms with Crippen LogP contribution < -0.4 is 15.8 Å². The van der Waals surface area contributed by atoms with E-state index >= 15 is 0 Å². The second kappa shape index (κ2) is 5.40. The molecule has 2 atom stereocenters. The number of carbonyl (C=O) groups is 1. The molecule has 98 valence electrons. The van der Waals surface area contributed by atoms with Gasteiger partial charge in [-0.15, -0.1) is 0 Å². The van der Waals surface area contributed by atoms with Gasteiger partial charge in [0.15, 0.2) is 0 Å². The lowest BCUT2D eigenvalue weighted by molar-refractivity contribution is 0.0957. The van der Waals surface area contributed by atoms with Crippen LogP contribution in [0.25, 0.3) is 0 Å². The SMILES string of the molecule is CCC(C)C(N)c1ccc2c(c1)C(=O)NCCO2. The Morgan fingerprint density at radius 1 is 1.50 bits per heavy atom. The molecule has 1 aromatic rings. The average Bonchev–Trinajstić information content (AvgIpc) is 2.59. The van der Waals surface area contributed by atoms with Crippen molar-refractivity contribution in [2.24, 2.45) is 11.7 Å². The van der Waals surface area contributed by atoms with Crippen LogP contribution in [-0.2, 0) is 0 Å². The van der Waals surface area contributed by atoms with Crippen LogP contribution in [0.3, 0.4) is 0 Å². The van der Waals surface area contributed by atoms with Crippen LogP contribution >= 0.6 is 0 Å². The highest BCUT2D eigenvalue weighted by atomic mass is 16.5. The van der Waals surface area contributed by atoms with Gasteiger partial charge in [0.05, 0.1) is 12.1 Å². The Morgan fingerprint density at radius 3 is 3.00 bits per heavy atom. The highest BCUT2D eigenvalue weighted by Crippen LogP contribution is 2.27. The average molecular weight is 248 g/mol. The van der Waals surface area contributed by atoms with Gasteiger partial charge in [-0.3, -0.25) is 4.79 Å². The second-order valence-electron chi connectivity index (χ2n) is 4.77. The molecule has 0 fully saturated rings. The summed E-state index contributed by atoms with van der Waals surface area (Å²) in [6, 6.07) is 5.61. The Labute approximate surface area is 108 Å². The van der Waals surface area contributed by atoms with E-state index in [1.54, 1.807) is 0 Å². The fourth-order valence-corrected chi connectivity index (χ4v) is 2.06. The van der Waals surface area contributed by atoms with Crippen LogP contribution in [0.2, 0.25) is 0 Å². The largest absolute Gasteiger partial charge is 0.491 e. The van der Waals surface area contributed by atoms with Crippen molar-refractivity contribution in [2.45, 2.75) is 26.3 Å². The number of fused-ring (bicyclic) bond motifs is 1. The van der Waals surface area contributed by atoms with Gasteiger partial charge in [-0.1, -0.05) is 26.3 Å². The first-order valence-corrected chi connectivity index (χ1v) is 6.44. The number of ether oxygens (including phenoxy) is 1. The van der Waals surface area contributed by atoms with Gasteiger partial charge in [0, 0.05) is 6.04 Å². The number of hydrogen-bond acceptors (Lipinski definition) is 3. The molecule has 2 rings (SSSR count).